The Labute approximate surface area is 149 Å². The Morgan fingerprint density at radius 3 is 2.35 bits per heavy atom. The van der Waals surface area contributed by atoms with Crippen molar-refractivity contribution in [3.05, 3.63) is 62.9 Å². The van der Waals surface area contributed by atoms with E-state index in [0.29, 0.717) is 11.6 Å². The Hall–Kier alpha value is -3.16. The Morgan fingerprint density at radius 1 is 1.12 bits per heavy atom. The monoisotopic (exact) mass is 359 g/mol. The molecule has 8 heteroatoms. The van der Waals surface area contributed by atoms with Crippen LogP contribution in [0.3, 0.4) is 0 Å². The summed E-state index contributed by atoms with van der Waals surface area (Å²) in [6.45, 7) is 5.17. The minimum atomic E-state index is -1.04. The zero-order chi connectivity index (χ0) is 19.3. The molecule has 0 unspecified atom stereocenters. The Bertz CT molecular complexity index is 896. The van der Waals surface area contributed by atoms with Crippen molar-refractivity contribution in [2.24, 2.45) is 0 Å². The molecule has 0 spiro atoms. The van der Waals surface area contributed by atoms with Gasteiger partial charge in [0.15, 0.2) is 6.10 Å². The Balaban J connectivity index is 1.92. The maximum atomic E-state index is 12.1. The van der Waals surface area contributed by atoms with Gasteiger partial charge in [-0.05, 0) is 30.5 Å². The van der Waals surface area contributed by atoms with E-state index in [4.69, 9.17) is 4.74 Å². The summed E-state index contributed by atoms with van der Waals surface area (Å²) in [5, 5.41) is 2.66. The number of aromatic nitrogens is 2. The van der Waals surface area contributed by atoms with Crippen LogP contribution in [0.5, 0.6) is 0 Å². The van der Waals surface area contributed by atoms with Gasteiger partial charge in [-0.25, -0.2) is 4.79 Å². The molecule has 1 aromatic carbocycles. The van der Waals surface area contributed by atoms with Gasteiger partial charge in [-0.2, -0.15) is 0 Å². The van der Waals surface area contributed by atoms with E-state index in [1.807, 2.05) is 17.1 Å². The van der Waals surface area contributed by atoms with Crippen LogP contribution in [0.25, 0.3) is 0 Å². The highest BCUT2D eigenvalue weighted by molar-refractivity contribution is 5.95. The van der Waals surface area contributed by atoms with E-state index >= 15 is 0 Å². The molecule has 0 aliphatic carbocycles. The highest BCUT2D eigenvalue weighted by atomic mass is 16.5. The van der Waals surface area contributed by atoms with Crippen LogP contribution in [0, 0.1) is 0 Å². The number of amides is 1. The third-order valence-electron chi connectivity index (χ3n) is 3.72. The summed E-state index contributed by atoms with van der Waals surface area (Å²) in [5.74, 6) is -0.864. The number of esters is 1. The van der Waals surface area contributed by atoms with Crippen molar-refractivity contribution >= 4 is 17.6 Å². The van der Waals surface area contributed by atoms with Crippen molar-refractivity contribution < 1.29 is 14.3 Å². The highest BCUT2D eigenvalue weighted by Gasteiger charge is 2.18. The summed E-state index contributed by atoms with van der Waals surface area (Å²) in [6.07, 6.45) is 0.148. The van der Waals surface area contributed by atoms with E-state index in [-0.39, 0.29) is 0 Å². The molecular weight excluding hydrogens is 338 g/mol. The van der Waals surface area contributed by atoms with Crippen LogP contribution in [0.1, 0.15) is 32.3 Å². The number of rotatable bonds is 6. The van der Waals surface area contributed by atoms with Gasteiger partial charge in [0.2, 0.25) is 0 Å². The van der Waals surface area contributed by atoms with Crippen LogP contribution in [0.4, 0.5) is 5.69 Å². The lowest BCUT2D eigenvalue weighted by molar-refractivity contribution is -0.153. The Kier molecular flexibility index (Phi) is 6.11. The number of hydrogen-bond acceptors (Lipinski definition) is 5. The van der Waals surface area contributed by atoms with Gasteiger partial charge in [-0.1, -0.05) is 26.0 Å². The van der Waals surface area contributed by atoms with Gasteiger partial charge in [-0.15, -0.1) is 0 Å². The zero-order valence-corrected chi connectivity index (χ0v) is 14.8. The molecule has 8 nitrogen and oxygen atoms in total. The number of hydrogen-bond donors (Lipinski definition) is 2. The van der Waals surface area contributed by atoms with E-state index in [2.05, 4.69) is 19.2 Å². The molecule has 0 bridgehead atoms. The van der Waals surface area contributed by atoms with Gasteiger partial charge in [0, 0.05) is 18.0 Å². The van der Waals surface area contributed by atoms with Gasteiger partial charge in [-0.3, -0.25) is 23.9 Å². The summed E-state index contributed by atoms with van der Waals surface area (Å²) in [5.41, 5.74) is 0.459. The van der Waals surface area contributed by atoms with E-state index in [1.165, 1.54) is 13.1 Å². The first kappa shape index (κ1) is 19.2. The maximum Gasteiger partial charge on any atom is 0.328 e. The lowest BCUT2D eigenvalue weighted by Gasteiger charge is -2.14. The average molecular weight is 359 g/mol. The molecule has 2 aromatic rings. The molecule has 0 aliphatic heterocycles. The number of benzene rings is 1. The van der Waals surface area contributed by atoms with Crippen LogP contribution < -0.4 is 16.6 Å². The number of ether oxygens (including phenoxy) is 1. The van der Waals surface area contributed by atoms with Gasteiger partial charge in [0.25, 0.3) is 11.5 Å². The molecule has 1 atom stereocenters. The van der Waals surface area contributed by atoms with Crippen LogP contribution in [-0.4, -0.2) is 27.5 Å². The minimum Gasteiger partial charge on any atom is -0.451 e. The minimum absolute atomic E-state index is 0.385. The van der Waals surface area contributed by atoms with Crippen molar-refractivity contribution in [1.29, 1.82) is 0 Å². The number of aromatic amines is 1. The number of nitrogens with one attached hydrogen (secondary N) is 2. The number of H-pyrrole nitrogens is 1. The Morgan fingerprint density at radius 2 is 1.77 bits per heavy atom. The SMILES string of the molecule is CC(C)c1ccc(NC(=O)[C@@H](C)OC(=O)Cn2ccc(=O)[nH]c2=O)cc1. The molecule has 1 amide bonds. The van der Waals surface area contributed by atoms with Gasteiger partial charge < -0.3 is 10.1 Å². The number of carbonyl (C=O) groups excluding carboxylic acids is 2. The number of nitrogens with zero attached hydrogens (tertiary/aromatic N) is 1. The molecule has 2 rings (SSSR count). The maximum absolute atomic E-state index is 12.1. The first-order valence-electron chi connectivity index (χ1n) is 8.16. The molecule has 0 radical (unpaired) electrons. The number of carbonyl (C=O) groups is 2. The molecule has 138 valence electrons. The van der Waals surface area contributed by atoms with Gasteiger partial charge in [0.05, 0.1) is 0 Å². The quantitative estimate of drug-likeness (QED) is 0.754. The van der Waals surface area contributed by atoms with Gasteiger partial charge in [0.1, 0.15) is 6.54 Å². The summed E-state index contributed by atoms with van der Waals surface area (Å²) in [4.78, 5) is 48.6. The molecule has 26 heavy (non-hydrogen) atoms. The molecule has 0 saturated heterocycles. The van der Waals surface area contributed by atoms with Crippen molar-refractivity contribution in [3.63, 3.8) is 0 Å². The molecule has 0 aliphatic rings. The fraction of sp³-hybridized carbons (Fsp3) is 0.333. The summed E-state index contributed by atoms with van der Waals surface area (Å²) in [6, 6.07) is 8.51. The summed E-state index contributed by atoms with van der Waals surface area (Å²) >= 11 is 0. The fourth-order valence-electron chi connectivity index (χ4n) is 2.19. The fourth-order valence-corrected chi connectivity index (χ4v) is 2.19. The normalized spacial score (nSPS) is 11.8. The third kappa shape index (κ3) is 5.17. The van der Waals surface area contributed by atoms with Crippen molar-refractivity contribution in [3.8, 4) is 0 Å². The second kappa shape index (κ2) is 8.28. The molecule has 0 saturated carbocycles. The molecule has 0 fully saturated rings. The topological polar surface area (TPSA) is 110 Å². The smallest absolute Gasteiger partial charge is 0.328 e. The predicted octanol–water partition coefficient (Wildman–Crippen LogP) is 1.23. The lowest BCUT2D eigenvalue weighted by Crippen LogP contribution is -2.34. The van der Waals surface area contributed by atoms with Crippen molar-refractivity contribution in [2.75, 3.05) is 5.32 Å². The predicted molar refractivity (Wildman–Crippen MR) is 96.0 cm³/mol. The van der Waals surface area contributed by atoms with E-state index in [9.17, 15) is 19.2 Å². The highest BCUT2D eigenvalue weighted by Crippen LogP contribution is 2.17. The summed E-state index contributed by atoms with van der Waals surface area (Å²) < 4.78 is 6.02. The largest absolute Gasteiger partial charge is 0.451 e. The van der Waals surface area contributed by atoms with E-state index in [1.54, 1.807) is 12.1 Å². The van der Waals surface area contributed by atoms with E-state index in [0.717, 1.165) is 16.2 Å². The summed E-state index contributed by atoms with van der Waals surface area (Å²) in [7, 11) is 0. The third-order valence-corrected chi connectivity index (χ3v) is 3.72. The molecular formula is C18H21N3O5. The van der Waals surface area contributed by atoms with Crippen LogP contribution in [0.2, 0.25) is 0 Å². The first-order chi connectivity index (χ1) is 12.3. The molecule has 2 N–H and O–H groups in total. The standard InChI is InChI=1S/C18H21N3O5/c1-11(2)13-4-6-14(7-5-13)19-17(24)12(3)26-16(23)10-21-9-8-15(22)20-18(21)25/h4-9,11-12H,10H2,1-3H3,(H,19,24)(H,20,22,25)/t12-/m1/s1. The second-order valence-corrected chi connectivity index (χ2v) is 6.14. The lowest BCUT2D eigenvalue weighted by atomic mass is 10.0. The second-order valence-electron chi connectivity index (χ2n) is 6.14. The van der Waals surface area contributed by atoms with Crippen LogP contribution in [0.15, 0.2) is 46.1 Å². The zero-order valence-electron chi connectivity index (χ0n) is 14.8. The van der Waals surface area contributed by atoms with Crippen molar-refractivity contribution in [1.82, 2.24) is 9.55 Å². The number of anilines is 1. The van der Waals surface area contributed by atoms with Gasteiger partial charge >= 0.3 is 11.7 Å². The van der Waals surface area contributed by atoms with Crippen molar-refractivity contribution in [2.45, 2.75) is 39.3 Å². The molecule has 1 heterocycles. The van der Waals surface area contributed by atoms with E-state index < -0.39 is 35.8 Å². The molecule has 1 aromatic heterocycles. The van der Waals surface area contributed by atoms with Crippen LogP contribution >= 0.6 is 0 Å². The van der Waals surface area contributed by atoms with Crippen LogP contribution in [-0.2, 0) is 20.9 Å². The first-order valence-corrected chi connectivity index (χ1v) is 8.16. The average Bonchev–Trinajstić information content (AvgIpc) is 2.57.